The molecular formula is C21H24O4S4. The third-order valence-electron chi connectivity index (χ3n) is 4.78. The topological polar surface area (TPSA) is 36.9 Å². The van der Waals surface area contributed by atoms with Gasteiger partial charge in [0, 0.05) is 73.7 Å². The maximum atomic E-state index is 5.45. The van der Waals surface area contributed by atoms with Gasteiger partial charge in [0.1, 0.15) is 23.0 Å². The van der Waals surface area contributed by atoms with E-state index in [2.05, 4.69) is 51.6 Å². The van der Waals surface area contributed by atoms with Crippen LogP contribution in [0.5, 0.6) is 23.0 Å². The van der Waals surface area contributed by atoms with Gasteiger partial charge < -0.3 is 16.7 Å². The summed E-state index contributed by atoms with van der Waals surface area (Å²) in [5.74, 6) is 2.45. The minimum Gasteiger partial charge on any atom is -0.428 e. The Morgan fingerprint density at radius 3 is 1.79 bits per heavy atom. The molecule has 4 nitrogen and oxygen atoms in total. The van der Waals surface area contributed by atoms with Crippen molar-refractivity contribution in [2.24, 2.45) is 0 Å². The summed E-state index contributed by atoms with van der Waals surface area (Å²) in [6.45, 7) is 9.80. The molecule has 29 heavy (non-hydrogen) atoms. The van der Waals surface area contributed by atoms with Gasteiger partial charge in [-0.15, -0.1) is 0 Å². The highest BCUT2D eigenvalue weighted by molar-refractivity contribution is 7.75. The van der Waals surface area contributed by atoms with Crippen LogP contribution in [-0.2, 0) is 0 Å². The zero-order valence-electron chi connectivity index (χ0n) is 16.8. The van der Waals surface area contributed by atoms with Crippen molar-refractivity contribution in [2.75, 3.05) is 0 Å². The van der Waals surface area contributed by atoms with Crippen molar-refractivity contribution >= 4 is 62.4 Å². The van der Waals surface area contributed by atoms with Crippen LogP contribution in [0.25, 0.3) is 21.9 Å². The molecule has 0 aliphatic carbocycles. The maximum absolute atomic E-state index is 5.45. The highest BCUT2D eigenvalue weighted by Crippen LogP contribution is 2.48. The van der Waals surface area contributed by atoms with E-state index in [0.717, 1.165) is 38.6 Å². The fraction of sp³-hybridized carbons (Fsp3) is 0.238. The Kier molecular flexibility index (Phi) is 8.63. The first-order valence-electron chi connectivity index (χ1n) is 8.95. The Bertz CT molecular complexity index is 1020. The average Bonchev–Trinajstić information content (AvgIpc) is 2.76. The normalized spacial score (nSPS) is 10.2. The molecule has 0 saturated carbocycles. The molecule has 0 aliphatic rings. The second-order valence-electron chi connectivity index (χ2n) is 6.10. The zero-order valence-corrected chi connectivity index (χ0v) is 20.4. The molecule has 3 rings (SSSR count). The lowest BCUT2D eigenvalue weighted by Crippen LogP contribution is -1.99. The molecule has 0 radical (unpaired) electrons. The molecule has 0 saturated heterocycles. The molecule has 3 aromatic rings. The smallest absolute Gasteiger partial charge is 0.148 e. The van der Waals surface area contributed by atoms with Gasteiger partial charge in [0.2, 0.25) is 0 Å². The molecule has 156 valence electrons. The summed E-state index contributed by atoms with van der Waals surface area (Å²) in [5, 5.41) is 1.79. The number of hydrogen-bond donors (Lipinski definition) is 4. The molecule has 0 spiro atoms. The predicted molar refractivity (Wildman–Crippen MR) is 133 cm³/mol. The van der Waals surface area contributed by atoms with Gasteiger partial charge in [-0.2, -0.15) is 0 Å². The minimum atomic E-state index is 0.560. The molecule has 0 amide bonds. The minimum absolute atomic E-state index is 0.560. The average molecular weight is 469 g/mol. The van der Waals surface area contributed by atoms with Gasteiger partial charge >= 0.3 is 0 Å². The summed E-state index contributed by atoms with van der Waals surface area (Å²) >= 11 is 16.1. The lowest BCUT2D eigenvalue weighted by atomic mass is 9.91. The first kappa shape index (κ1) is 23.8. The SMILES string of the molecule is CC.Cc1c(C)c(OS)c(-c2cc3c(OS)cccc3cc2OS)c(C)c1OS. The summed E-state index contributed by atoms with van der Waals surface area (Å²) < 4.78 is 21.4. The number of rotatable bonds is 5. The van der Waals surface area contributed by atoms with E-state index in [0.29, 0.717) is 23.0 Å². The van der Waals surface area contributed by atoms with E-state index in [9.17, 15) is 0 Å². The zero-order chi connectivity index (χ0) is 21.7. The van der Waals surface area contributed by atoms with Crippen LogP contribution in [0, 0.1) is 20.8 Å². The lowest BCUT2D eigenvalue weighted by molar-refractivity contribution is 0.623. The van der Waals surface area contributed by atoms with Gasteiger partial charge in [0.25, 0.3) is 0 Å². The van der Waals surface area contributed by atoms with E-state index >= 15 is 0 Å². The van der Waals surface area contributed by atoms with Gasteiger partial charge in [-0.3, -0.25) is 0 Å². The number of thiol groups is 4. The predicted octanol–water partition coefficient (Wildman–Crippen LogP) is 7.35. The monoisotopic (exact) mass is 468 g/mol. The molecule has 0 unspecified atom stereocenters. The van der Waals surface area contributed by atoms with Crippen LogP contribution < -0.4 is 16.7 Å². The van der Waals surface area contributed by atoms with E-state index < -0.39 is 0 Å². The molecule has 0 bridgehead atoms. The molecule has 3 aromatic carbocycles. The Balaban J connectivity index is 0.00000145. The summed E-state index contributed by atoms with van der Waals surface area (Å²) in [6.07, 6.45) is 0. The standard InChI is InChI=1S/C19H18O4S4.C2H6/c1-9-10(2)19(23-27)17(11(3)18(9)22-26)14-8-13-12(7-16(14)21-25)5-4-6-15(13)20-24;1-2/h4-8,24-27H,1-3H3;1-2H3. The highest BCUT2D eigenvalue weighted by Gasteiger charge is 2.24. The maximum Gasteiger partial charge on any atom is 0.148 e. The molecule has 0 aliphatic heterocycles. The van der Waals surface area contributed by atoms with Gasteiger partial charge in [0.05, 0.1) is 0 Å². The third-order valence-corrected chi connectivity index (χ3v) is 5.53. The van der Waals surface area contributed by atoms with E-state index in [-0.39, 0.29) is 0 Å². The van der Waals surface area contributed by atoms with E-state index in [1.807, 2.05) is 65.0 Å². The fourth-order valence-corrected chi connectivity index (χ4v) is 4.11. The summed E-state index contributed by atoms with van der Waals surface area (Å²) in [6, 6.07) is 9.50. The number of hydrogen-bond acceptors (Lipinski definition) is 8. The Hall–Kier alpha value is -1.48. The molecular weight excluding hydrogens is 444 g/mol. The van der Waals surface area contributed by atoms with Gasteiger partial charge in [-0.25, -0.2) is 0 Å². The van der Waals surface area contributed by atoms with Gasteiger partial charge in [-0.1, -0.05) is 26.0 Å². The Labute approximate surface area is 194 Å². The quantitative estimate of drug-likeness (QED) is 0.233. The van der Waals surface area contributed by atoms with Crippen LogP contribution in [-0.4, -0.2) is 0 Å². The summed E-state index contributed by atoms with van der Waals surface area (Å²) in [5.41, 5.74) is 4.18. The van der Waals surface area contributed by atoms with Crippen LogP contribution in [0.2, 0.25) is 0 Å². The highest BCUT2D eigenvalue weighted by atomic mass is 32.1. The van der Waals surface area contributed by atoms with E-state index in [1.54, 1.807) is 0 Å². The summed E-state index contributed by atoms with van der Waals surface area (Å²) in [4.78, 5) is 0. The van der Waals surface area contributed by atoms with Crippen molar-refractivity contribution in [2.45, 2.75) is 34.6 Å². The van der Waals surface area contributed by atoms with Crippen LogP contribution in [0.1, 0.15) is 30.5 Å². The number of benzene rings is 3. The van der Waals surface area contributed by atoms with Crippen molar-refractivity contribution in [1.29, 1.82) is 0 Å². The van der Waals surface area contributed by atoms with Crippen LogP contribution in [0.4, 0.5) is 0 Å². The Morgan fingerprint density at radius 1 is 0.655 bits per heavy atom. The largest absolute Gasteiger partial charge is 0.428 e. The fourth-order valence-electron chi connectivity index (χ4n) is 3.29. The Morgan fingerprint density at radius 2 is 1.24 bits per heavy atom. The van der Waals surface area contributed by atoms with Crippen molar-refractivity contribution in [1.82, 2.24) is 0 Å². The first-order valence-corrected chi connectivity index (χ1v) is 10.4. The van der Waals surface area contributed by atoms with Gasteiger partial charge in [0.15, 0.2) is 0 Å². The van der Waals surface area contributed by atoms with E-state index in [4.69, 9.17) is 16.7 Å². The van der Waals surface area contributed by atoms with Crippen molar-refractivity contribution in [3.8, 4) is 34.1 Å². The van der Waals surface area contributed by atoms with Crippen molar-refractivity contribution in [3.63, 3.8) is 0 Å². The van der Waals surface area contributed by atoms with Crippen molar-refractivity contribution in [3.05, 3.63) is 47.0 Å². The second-order valence-corrected chi connectivity index (χ2v) is 6.83. The van der Waals surface area contributed by atoms with Crippen LogP contribution in [0.15, 0.2) is 30.3 Å². The third kappa shape index (κ3) is 4.35. The molecule has 8 heteroatoms. The molecule has 0 aromatic heterocycles. The molecule has 0 N–H and O–H groups in total. The molecule has 0 atom stereocenters. The molecule has 0 fully saturated rings. The second kappa shape index (κ2) is 10.5. The molecule has 0 heterocycles. The summed E-state index contributed by atoms with van der Waals surface area (Å²) in [7, 11) is 0. The number of fused-ring (bicyclic) bond motifs is 1. The van der Waals surface area contributed by atoms with Crippen LogP contribution in [0.3, 0.4) is 0 Å². The van der Waals surface area contributed by atoms with E-state index in [1.165, 1.54) is 0 Å². The first-order chi connectivity index (χ1) is 14.0. The lowest BCUT2D eigenvalue weighted by Gasteiger charge is -2.21. The van der Waals surface area contributed by atoms with Crippen LogP contribution >= 0.6 is 51.6 Å². The van der Waals surface area contributed by atoms with Crippen molar-refractivity contribution < 1.29 is 16.7 Å². The van der Waals surface area contributed by atoms with Gasteiger partial charge in [-0.05, 0) is 55.5 Å².